The Morgan fingerprint density at radius 3 is 3.06 bits per heavy atom. The summed E-state index contributed by atoms with van der Waals surface area (Å²) in [6.07, 6.45) is 0. The fourth-order valence-corrected chi connectivity index (χ4v) is 1.33. The second-order valence-corrected chi connectivity index (χ2v) is 3.34. The van der Waals surface area contributed by atoms with Gasteiger partial charge < -0.3 is 15.0 Å². The first-order chi connectivity index (χ1) is 8.63. The molecule has 2 rings (SSSR count). The Kier molecular flexibility index (Phi) is 3.22. The Morgan fingerprint density at radius 1 is 1.56 bits per heavy atom. The summed E-state index contributed by atoms with van der Waals surface area (Å²) >= 11 is 0. The third kappa shape index (κ3) is 2.15. The molecule has 1 aromatic carbocycles. The second kappa shape index (κ2) is 4.82. The highest BCUT2D eigenvalue weighted by atomic mass is 19.1. The lowest BCUT2D eigenvalue weighted by Crippen LogP contribution is -2.06. The molecular weight excluding hydrogens is 241 g/mol. The zero-order valence-corrected chi connectivity index (χ0v) is 9.51. The largest absolute Gasteiger partial charge is 0.460 e. The van der Waals surface area contributed by atoms with Crippen molar-refractivity contribution in [2.24, 2.45) is 0 Å². The van der Waals surface area contributed by atoms with Crippen LogP contribution in [0.1, 0.15) is 17.5 Å². The van der Waals surface area contributed by atoms with Crippen molar-refractivity contribution in [1.29, 1.82) is 0 Å². The molecule has 0 fully saturated rings. The number of hydrogen-bond donors (Lipinski definition) is 1. The number of para-hydroxylation sites is 1. The number of rotatable bonds is 3. The molecule has 0 unspecified atom stereocenters. The number of anilines is 1. The van der Waals surface area contributed by atoms with Gasteiger partial charge in [0.05, 0.1) is 17.9 Å². The molecule has 0 atom stereocenters. The van der Waals surface area contributed by atoms with Gasteiger partial charge in [-0.15, -0.1) is 0 Å². The van der Waals surface area contributed by atoms with Crippen molar-refractivity contribution in [2.45, 2.75) is 6.92 Å². The van der Waals surface area contributed by atoms with E-state index in [4.69, 9.17) is 15.0 Å². The Bertz CT molecular complexity index is 583. The molecule has 18 heavy (non-hydrogen) atoms. The fraction of sp³-hybridized carbons (Fsp3) is 0.182. The highest BCUT2D eigenvalue weighted by Crippen LogP contribution is 2.26. The van der Waals surface area contributed by atoms with Crippen molar-refractivity contribution in [1.82, 2.24) is 10.1 Å². The van der Waals surface area contributed by atoms with Crippen LogP contribution >= 0.6 is 0 Å². The molecule has 6 nitrogen and oxygen atoms in total. The van der Waals surface area contributed by atoms with Crippen LogP contribution < -0.4 is 5.73 Å². The molecule has 0 aliphatic rings. The number of nitrogen functional groups attached to an aromatic ring is 1. The van der Waals surface area contributed by atoms with Crippen LogP contribution in [0.15, 0.2) is 22.7 Å². The topological polar surface area (TPSA) is 91.2 Å². The van der Waals surface area contributed by atoms with Gasteiger partial charge in [0, 0.05) is 0 Å². The van der Waals surface area contributed by atoms with Crippen molar-refractivity contribution < 1.29 is 18.4 Å². The van der Waals surface area contributed by atoms with Gasteiger partial charge in [0.25, 0.3) is 11.7 Å². The first-order valence-corrected chi connectivity index (χ1v) is 5.18. The summed E-state index contributed by atoms with van der Waals surface area (Å²) in [7, 11) is 0. The zero-order valence-electron chi connectivity index (χ0n) is 9.51. The molecular formula is C11H10FN3O3. The summed E-state index contributed by atoms with van der Waals surface area (Å²) in [6.45, 7) is 1.86. The van der Waals surface area contributed by atoms with E-state index in [1.807, 2.05) is 0 Å². The van der Waals surface area contributed by atoms with E-state index >= 15 is 0 Å². The maximum Gasteiger partial charge on any atom is 0.379 e. The van der Waals surface area contributed by atoms with Crippen molar-refractivity contribution in [3.05, 3.63) is 29.8 Å². The number of carbonyl (C=O) groups excluding carboxylic acids is 1. The predicted octanol–water partition coefficient (Wildman–Crippen LogP) is 1.63. The number of carbonyl (C=O) groups is 1. The molecule has 1 aromatic heterocycles. The molecule has 0 amide bonds. The predicted molar refractivity (Wildman–Crippen MR) is 60.1 cm³/mol. The Balaban J connectivity index is 2.35. The zero-order chi connectivity index (χ0) is 13.1. The van der Waals surface area contributed by atoms with Crippen molar-refractivity contribution >= 4 is 11.7 Å². The summed E-state index contributed by atoms with van der Waals surface area (Å²) in [5, 5.41) is 3.44. The van der Waals surface area contributed by atoms with Crippen LogP contribution in [-0.4, -0.2) is 22.7 Å². The summed E-state index contributed by atoms with van der Waals surface area (Å²) < 4.78 is 22.8. The van der Waals surface area contributed by atoms with E-state index in [1.165, 1.54) is 18.2 Å². The van der Waals surface area contributed by atoms with Crippen molar-refractivity contribution in [3.63, 3.8) is 0 Å². The van der Waals surface area contributed by atoms with Gasteiger partial charge in [0.1, 0.15) is 5.82 Å². The van der Waals surface area contributed by atoms with Gasteiger partial charge in [-0.2, -0.15) is 4.98 Å². The van der Waals surface area contributed by atoms with Crippen LogP contribution in [0.25, 0.3) is 11.5 Å². The smallest absolute Gasteiger partial charge is 0.379 e. The minimum atomic E-state index is -0.706. The monoisotopic (exact) mass is 251 g/mol. The number of nitrogens with two attached hydrogens (primary N) is 1. The van der Waals surface area contributed by atoms with Crippen LogP contribution in [0.4, 0.5) is 10.1 Å². The quantitative estimate of drug-likeness (QED) is 0.658. The van der Waals surface area contributed by atoms with Gasteiger partial charge in [-0.25, -0.2) is 9.18 Å². The van der Waals surface area contributed by atoms with E-state index < -0.39 is 11.8 Å². The number of benzene rings is 1. The van der Waals surface area contributed by atoms with Gasteiger partial charge >= 0.3 is 5.97 Å². The summed E-state index contributed by atoms with van der Waals surface area (Å²) in [6, 6.07) is 4.18. The molecule has 0 saturated carbocycles. The first-order valence-electron chi connectivity index (χ1n) is 5.18. The summed E-state index contributed by atoms with van der Waals surface area (Å²) in [4.78, 5) is 15.1. The Labute approximate surface area is 102 Å². The number of ether oxygens (including phenoxy) is 1. The van der Waals surface area contributed by atoms with Crippen molar-refractivity contribution in [2.75, 3.05) is 12.3 Å². The molecule has 2 aromatic rings. The van der Waals surface area contributed by atoms with E-state index in [2.05, 4.69) is 10.1 Å². The summed E-state index contributed by atoms with van der Waals surface area (Å²) in [5.41, 5.74) is 5.66. The van der Waals surface area contributed by atoms with E-state index in [0.29, 0.717) is 0 Å². The molecule has 0 bridgehead atoms. The first kappa shape index (κ1) is 12.0. The molecule has 94 valence electrons. The van der Waals surface area contributed by atoms with Crippen LogP contribution in [0.5, 0.6) is 0 Å². The average molecular weight is 251 g/mol. The number of aromatic nitrogens is 2. The Morgan fingerprint density at radius 2 is 2.33 bits per heavy atom. The van der Waals surface area contributed by atoms with Gasteiger partial charge in [0.15, 0.2) is 0 Å². The summed E-state index contributed by atoms with van der Waals surface area (Å²) in [5.74, 6) is -1.56. The van der Waals surface area contributed by atoms with Gasteiger partial charge in [-0.05, 0) is 24.2 Å². The number of esters is 1. The highest BCUT2D eigenvalue weighted by Gasteiger charge is 2.18. The maximum absolute atomic E-state index is 13.2. The molecule has 1 heterocycles. The minimum absolute atomic E-state index is 0.0324. The van der Waals surface area contributed by atoms with E-state index in [1.54, 1.807) is 6.92 Å². The van der Waals surface area contributed by atoms with Gasteiger partial charge in [-0.3, -0.25) is 0 Å². The number of halogens is 1. The number of nitrogens with zero attached hydrogens (tertiary/aromatic N) is 2. The second-order valence-electron chi connectivity index (χ2n) is 3.34. The molecule has 2 N–H and O–H groups in total. The lowest BCUT2D eigenvalue weighted by atomic mass is 10.2. The molecule has 0 aliphatic carbocycles. The minimum Gasteiger partial charge on any atom is -0.460 e. The van der Waals surface area contributed by atoms with E-state index in [9.17, 15) is 9.18 Å². The lowest BCUT2D eigenvalue weighted by Gasteiger charge is -2.00. The van der Waals surface area contributed by atoms with Crippen LogP contribution in [0, 0.1) is 5.82 Å². The maximum atomic E-state index is 13.2. The lowest BCUT2D eigenvalue weighted by molar-refractivity contribution is 0.0508. The van der Waals surface area contributed by atoms with Gasteiger partial charge in [0.2, 0.25) is 0 Å². The molecule has 0 spiro atoms. The van der Waals surface area contributed by atoms with E-state index in [-0.39, 0.29) is 29.6 Å². The average Bonchev–Trinajstić information content (AvgIpc) is 2.82. The van der Waals surface area contributed by atoms with Crippen LogP contribution in [0.2, 0.25) is 0 Å². The van der Waals surface area contributed by atoms with Crippen molar-refractivity contribution in [3.8, 4) is 11.5 Å². The molecule has 0 saturated heterocycles. The molecule has 7 heteroatoms. The van der Waals surface area contributed by atoms with E-state index in [0.717, 1.165) is 0 Å². The number of hydrogen-bond acceptors (Lipinski definition) is 6. The van der Waals surface area contributed by atoms with Gasteiger partial charge in [-0.1, -0.05) is 6.07 Å². The third-order valence-corrected chi connectivity index (χ3v) is 2.17. The SMILES string of the molecule is CCOC(=O)c1noc(-c2cccc(F)c2N)n1. The van der Waals surface area contributed by atoms with Crippen LogP contribution in [-0.2, 0) is 4.74 Å². The normalized spacial score (nSPS) is 10.3. The highest BCUT2D eigenvalue weighted by molar-refractivity contribution is 5.85. The Hall–Kier alpha value is -2.44. The molecule has 0 radical (unpaired) electrons. The van der Waals surface area contributed by atoms with Crippen LogP contribution in [0.3, 0.4) is 0 Å². The standard InChI is InChI=1S/C11H10FN3O3/c1-2-17-11(16)9-14-10(18-15-9)6-4-3-5-7(12)8(6)13/h3-5H,2,13H2,1H3. The fourth-order valence-electron chi connectivity index (χ4n) is 1.33. The third-order valence-electron chi connectivity index (χ3n) is 2.17. The molecule has 0 aliphatic heterocycles.